The Hall–Kier alpha value is -4.40. The average molecular weight is 503 g/mol. The number of rotatable bonds is 10. The second-order valence-corrected chi connectivity index (χ2v) is 9.39. The van der Waals surface area contributed by atoms with Gasteiger partial charge in [-0.2, -0.15) is 0 Å². The zero-order chi connectivity index (χ0) is 27.1. The monoisotopic (exact) mass is 502 g/mol. The molecular weight excluding hydrogens is 468 g/mol. The molecule has 0 aliphatic heterocycles. The summed E-state index contributed by atoms with van der Waals surface area (Å²) in [4.78, 5) is 18.4. The number of nitrogens with two attached hydrogens (primary N) is 1. The number of nitrogens with zero attached hydrogens (tertiary/aromatic N) is 2. The van der Waals surface area contributed by atoms with Gasteiger partial charge in [-0.05, 0) is 47.2 Å². The Morgan fingerprint density at radius 3 is 2.42 bits per heavy atom. The normalized spacial score (nSPS) is 11.5. The van der Waals surface area contributed by atoms with Gasteiger partial charge in [-0.1, -0.05) is 86.5 Å². The van der Waals surface area contributed by atoms with Gasteiger partial charge in [-0.15, -0.1) is 6.42 Å². The highest BCUT2D eigenvalue weighted by molar-refractivity contribution is 5.79. The molecule has 0 spiro atoms. The molecule has 0 bridgehead atoms. The van der Waals surface area contributed by atoms with Gasteiger partial charge in [-0.25, -0.2) is 4.98 Å². The molecule has 0 radical (unpaired) electrons. The largest absolute Gasteiger partial charge is 0.388 e. The number of nitrogens with one attached hydrogen (secondary N) is 1. The predicted molar refractivity (Wildman–Crippen MR) is 157 cm³/mol. The van der Waals surface area contributed by atoms with Gasteiger partial charge in [-0.3, -0.25) is 9.36 Å². The van der Waals surface area contributed by atoms with Crippen molar-refractivity contribution in [3.8, 4) is 29.2 Å². The Balaban J connectivity index is 1.65. The van der Waals surface area contributed by atoms with Gasteiger partial charge in [0.05, 0.1) is 17.4 Å². The number of hydrogen-bond donors (Lipinski definition) is 2. The van der Waals surface area contributed by atoms with Crippen LogP contribution in [0.5, 0.6) is 0 Å². The van der Waals surface area contributed by atoms with Gasteiger partial charge in [0.15, 0.2) is 0 Å². The molecule has 192 valence electrons. The van der Waals surface area contributed by atoms with Gasteiger partial charge in [0, 0.05) is 30.3 Å². The molecule has 0 aliphatic carbocycles. The molecule has 1 aromatic heterocycles. The average Bonchev–Trinajstić information content (AvgIpc) is 2.95. The number of aryl methyl sites for hydroxylation is 1. The van der Waals surface area contributed by atoms with Crippen LogP contribution in [0.1, 0.15) is 41.3 Å². The summed E-state index contributed by atoms with van der Waals surface area (Å²) >= 11 is 0. The lowest BCUT2D eigenvalue weighted by atomic mass is 9.95. The maximum Gasteiger partial charge on any atom is 0.261 e. The maximum absolute atomic E-state index is 13.7. The molecule has 0 amide bonds. The van der Waals surface area contributed by atoms with Crippen LogP contribution in [0.2, 0.25) is 0 Å². The van der Waals surface area contributed by atoms with Crippen LogP contribution in [0.15, 0.2) is 90.5 Å². The summed E-state index contributed by atoms with van der Waals surface area (Å²) in [6, 6.07) is 24.0. The van der Waals surface area contributed by atoms with E-state index < -0.39 is 0 Å². The first-order chi connectivity index (χ1) is 18.4. The molecule has 0 aliphatic rings. The smallest absolute Gasteiger partial charge is 0.261 e. The van der Waals surface area contributed by atoms with E-state index in [-0.39, 0.29) is 11.6 Å². The molecule has 3 aromatic carbocycles. The third-order valence-electron chi connectivity index (χ3n) is 6.73. The fourth-order valence-electron chi connectivity index (χ4n) is 4.58. The minimum atomic E-state index is -0.327. The molecule has 0 saturated carbocycles. The molecule has 4 aromatic rings. The van der Waals surface area contributed by atoms with E-state index in [0.717, 1.165) is 63.3 Å². The zero-order valence-electron chi connectivity index (χ0n) is 22.1. The molecule has 0 saturated heterocycles. The second-order valence-electron chi connectivity index (χ2n) is 9.39. The lowest BCUT2D eigenvalue weighted by molar-refractivity contribution is 0.803. The molecule has 1 heterocycles. The Kier molecular flexibility index (Phi) is 8.58. The van der Waals surface area contributed by atoms with Crippen molar-refractivity contribution < 1.29 is 0 Å². The maximum atomic E-state index is 13.7. The van der Waals surface area contributed by atoms with Gasteiger partial charge in [0.25, 0.3) is 5.56 Å². The molecule has 38 heavy (non-hydrogen) atoms. The standard InChI is InChI=1S/C33H34N4O/c1-5-9-32-31(33(38)37(22-36-32)28-18-14-24(15-19-28)20-27(34)6-2)21-25-12-16-26(17-13-25)30-11-8-7-10-29(30)23(3)35-4/h2,7-8,10-19,22,27,35H,3,5,9,20-21,34H2,1,4H3. The first-order valence-corrected chi connectivity index (χ1v) is 12.9. The molecule has 1 atom stereocenters. The SMILES string of the molecule is C#CC(N)Cc1ccc(-n2cnc(CCC)c(Cc3ccc(-c4ccccc4C(=C)NC)cc3)c2=O)cc1. The molecule has 0 fully saturated rings. The van der Waals surface area contributed by atoms with E-state index in [9.17, 15) is 4.79 Å². The van der Waals surface area contributed by atoms with Crippen LogP contribution < -0.4 is 16.6 Å². The Labute approximate surface area is 225 Å². The van der Waals surface area contributed by atoms with Crippen LogP contribution in [-0.4, -0.2) is 22.6 Å². The van der Waals surface area contributed by atoms with Crippen molar-refractivity contribution in [1.82, 2.24) is 14.9 Å². The van der Waals surface area contributed by atoms with Crippen LogP contribution in [-0.2, 0) is 19.3 Å². The summed E-state index contributed by atoms with van der Waals surface area (Å²) in [5, 5.41) is 3.14. The quantitative estimate of drug-likeness (QED) is 0.295. The summed E-state index contributed by atoms with van der Waals surface area (Å²) in [5.41, 5.74) is 14.4. The minimum Gasteiger partial charge on any atom is -0.388 e. The predicted octanol–water partition coefficient (Wildman–Crippen LogP) is 5.14. The Bertz CT molecular complexity index is 1510. The van der Waals surface area contributed by atoms with Crippen molar-refractivity contribution in [1.29, 1.82) is 0 Å². The van der Waals surface area contributed by atoms with E-state index in [2.05, 4.69) is 61.1 Å². The molecule has 1 unspecified atom stereocenters. The molecule has 5 heteroatoms. The van der Waals surface area contributed by atoms with Gasteiger partial charge in [0.1, 0.15) is 6.33 Å². The van der Waals surface area contributed by atoms with Gasteiger partial charge >= 0.3 is 0 Å². The summed E-state index contributed by atoms with van der Waals surface area (Å²) in [6.07, 6.45) is 9.82. The number of aromatic nitrogens is 2. The number of benzene rings is 3. The third kappa shape index (κ3) is 5.94. The van der Waals surface area contributed by atoms with E-state index >= 15 is 0 Å². The van der Waals surface area contributed by atoms with Crippen molar-refractivity contribution in [2.45, 2.75) is 38.6 Å². The molecule has 4 rings (SSSR count). The van der Waals surface area contributed by atoms with Crippen molar-refractivity contribution in [3.63, 3.8) is 0 Å². The van der Waals surface area contributed by atoms with Crippen LogP contribution >= 0.6 is 0 Å². The van der Waals surface area contributed by atoms with Gasteiger partial charge in [0.2, 0.25) is 0 Å². The molecule has 3 N–H and O–H groups in total. The van der Waals surface area contributed by atoms with E-state index in [1.807, 2.05) is 43.4 Å². The highest BCUT2D eigenvalue weighted by Crippen LogP contribution is 2.28. The van der Waals surface area contributed by atoms with Gasteiger partial charge < -0.3 is 11.1 Å². The van der Waals surface area contributed by atoms with Crippen LogP contribution in [0.3, 0.4) is 0 Å². The number of terminal acetylenes is 1. The van der Waals surface area contributed by atoms with Crippen molar-refractivity contribution in [2.24, 2.45) is 5.73 Å². The highest BCUT2D eigenvalue weighted by atomic mass is 16.1. The number of hydrogen-bond acceptors (Lipinski definition) is 4. The minimum absolute atomic E-state index is 0.0451. The highest BCUT2D eigenvalue weighted by Gasteiger charge is 2.14. The van der Waals surface area contributed by atoms with E-state index in [0.29, 0.717) is 12.8 Å². The third-order valence-corrected chi connectivity index (χ3v) is 6.73. The Morgan fingerprint density at radius 2 is 1.76 bits per heavy atom. The van der Waals surface area contributed by atoms with E-state index in [1.165, 1.54) is 0 Å². The van der Waals surface area contributed by atoms with E-state index in [4.69, 9.17) is 17.1 Å². The lowest BCUT2D eigenvalue weighted by Crippen LogP contribution is -2.25. The van der Waals surface area contributed by atoms with Crippen LogP contribution in [0.4, 0.5) is 0 Å². The second kappa shape index (κ2) is 12.2. The van der Waals surface area contributed by atoms with Crippen molar-refractivity contribution in [2.75, 3.05) is 7.05 Å². The molecular formula is C33H34N4O. The summed E-state index contributed by atoms with van der Waals surface area (Å²) in [7, 11) is 1.87. The van der Waals surface area contributed by atoms with Crippen molar-refractivity contribution >= 4 is 5.70 Å². The van der Waals surface area contributed by atoms with Crippen LogP contribution in [0.25, 0.3) is 22.5 Å². The first-order valence-electron chi connectivity index (χ1n) is 12.9. The Morgan fingerprint density at radius 1 is 1.08 bits per heavy atom. The van der Waals surface area contributed by atoms with Crippen LogP contribution in [0, 0.1) is 12.3 Å². The fraction of sp³-hybridized carbons (Fsp3) is 0.212. The topological polar surface area (TPSA) is 72.9 Å². The summed E-state index contributed by atoms with van der Waals surface area (Å²) in [6.45, 7) is 6.22. The zero-order valence-corrected chi connectivity index (χ0v) is 22.1. The summed E-state index contributed by atoms with van der Waals surface area (Å²) in [5.74, 6) is 2.55. The molecule has 5 nitrogen and oxygen atoms in total. The van der Waals surface area contributed by atoms with E-state index in [1.54, 1.807) is 10.9 Å². The summed E-state index contributed by atoms with van der Waals surface area (Å²) < 4.78 is 1.62. The van der Waals surface area contributed by atoms with Crippen molar-refractivity contribution in [3.05, 3.63) is 124 Å². The fourth-order valence-corrected chi connectivity index (χ4v) is 4.58. The lowest BCUT2D eigenvalue weighted by Gasteiger charge is -2.14. The first kappa shape index (κ1) is 26.7.